The van der Waals surface area contributed by atoms with Crippen molar-refractivity contribution in [2.24, 2.45) is 0 Å². The van der Waals surface area contributed by atoms with Gasteiger partial charge in [0, 0.05) is 11.9 Å². The minimum Gasteiger partial charge on any atom is -0.382 e. The molecular formula is C8H15BrO2. The number of hydrogen-bond acceptors (Lipinski definition) is 2. The summed E-state index contributed by atoms with van der Waals surface area (Å²) < 4.78 is 10.6. The average molecular weight is 223 g/mol. The van der Waals surface area contributed by atoms with Gasteiger partial charge in [-0.1, -0.05) is 15.9 Å². The highest BCUT2D eigenvalue weighted by Crippen LogP contribution is 2.30. The van der Waals surface area contributed by atoms with Crippen LogP contribution in [0.5, 0.6) is 0 Å². The first-order chi connectivity index (χ1) is 5.22. The number of rotatable bonds is 4. The summed E-state index contributed by atoms with van der Waals surface area (Å²) in [4.78, 5) is 0.683. The maximum Gasteiger partial charge on any atom is 0.0784 e. The zero-order chi connectivity index (χ0) is 8.27. The van der Waals surface area contributed by atoms with Crippen molar-refractivity contribution in [3.8, 4) is 0 Å². The third-order valence-corrected chi connectivity index (χ3v) is 2.61. The van der Waals surface area contributed by atoms with Gasteiger partial charge in [-0.25, -0.2) is 0 Å². The molecule has 0 radical (unpaired) electrons. The molecule has 0 spiro atoms. The van der Waals surface area contributed by atoms with Gasteiger partial charge in [0.25, 0.3) is 0 Å². The van der Waals surface area contributed by atoms with Crippen LogP contribution in [0, 0.1) is 0 Å². The Hall–Kier alpha value is 0.400. The lowest BCUT2D eigenvalue weighted by atomic mass is 9.96. The molecule has 0 aromatic rings. The molecule has 3 heteroatoms. The fourth-order valence-electron chi connectivity index (χ4n) is 1.22. The van der Waals surface area contributed by atoms with Crippen LogP contribution >= 0.6 is 15.9 Å². The Morgan fingerprint density at radius 1 is 1.55 bits per heavy atom. The average Bonchev–Trinajstić information content (AvgIpc) is 1.85. The van der Waals surface area contributed by atoms with Crippen LogP contribution in [-0.2, 0) is 9.47 Å². The normalized spacial score (nSPS) is 33.0. The molecule has 0 saturated heterocycles. The summed E-state index contributed by atoms with van der Waals surface area (Å²) in [7, 11) is 1.70. The molecule has 1 aliphatic rings. The van der Waals surface area contributed by atoms with Crippen molar-refractivity contribution in [1.29, 1.82) is 0 Å². The van der Waals surface area contributed by atoms with E-state index in [4.69, 9.17) is 9.47 Å². The van der Waals surface area contributed by atoms with Crippen LogP contribution in [0.4, 0.5) is 0 Å². The highest BCUT2D eigenvalue weighted by molar-refractivity contribution is 9.09. The first kappa shape index (κ1) is 9.49. The number of ether oxygens (including phenoxy) is 2. The molecule has 0 N–H and O–H groups in total. The number of hydrogen-bond donors (Lipinski definition) is 0. The molecule has 2 nitrogen and oxygen atoms in total. The molecule has 0 aromatic carbocycles. The van der Waals surface area contributed by atoms with Crippen molar-refractivity contribution in [3.05, 3.63) is 0 Å². The highest BCUT2D eigenvalue weighted by Gasteiger charge is 2.28. The predicted octanol–water partition coefficient (Wildman–Crippen LogP) is 1.96. The first-order valence-electron chi connectivity index (χ1n) is 4.01. The molecule has 66 valence electrons. The van der Waals surface area contributed by atoms with Gasteiger partial charge in [-0.05, 0) is 19.8 Å². The lowest BCUT2D eigenvalue weighted by Crippen LogP contribution is -2.35. The van der Waals surface area contributed by atoms with Crippen molar-refractivity contribution >= 4 is 15.9 Å². The molecule has 1 aliphatic carbocycles. The Labute approximate surface area is 76.4 Å². The number of alkyl halides is 1. The molecule has 1 saturated carbocycles. The fraction of sp³-hybridized carbons (Fsp3) is 1.00. The van der Waals surface area contributed by atoms with Crippen molar-refractivity contribution in [3.63, 3.8) is 0 Å². The minimum absolute atomic E-state index is 0.241. The minimum atomic E-state index is 0.241. The fourth-order valence-corrected chi connectivity index (χ4v) is 2.05. The van der Waals surface area contributed by atoms with Crippen molar-refractivity contribution < 1.29 is 9.47 Å². The lowest BCUT2D eigenvalue weighted by Gasteiger charge is -2.33. The van der Waals surface area contributed by atoms with Crippen LogP contribution < -0.4 is 0 Å². The Morgan fingerprint density at radius 3 is 2.64 bits per heavy atom. The van der Waals surface area contributed by atoms with E-state index in [2.05, 4.69) is 15.9 Å². The Morgan fingerprint density at radius 2 is 2.18 bits per heavy atom. The zero-order valence-electron chi connectivity index (χ0n) is 7.05. The van der Waals surface area contributed by atoms with Crippen LogP contribution in [0.25, 0.3) is 0 Å². The maximum absolute atomic E-state index is 5.64. The number of halogens is 1. The van der Waals surface area contributed by atoms with E-state index in [0.717, 1.165) is 12.8 Å². The van der Waals surface area contributed by atoms with Gasteiger partial charge in [-0.2, -0.15) is 0 Å². The molecule has 0 aromatic heterocycles. The molecule has 11 heavy (non-hydrogen) atoms. The topological polar surface area (TPSA) is 18.5 Å². The molecule has 1 fully saturated rings. The molecule has 1 rings (SSSR count). The third-order valence-electron chi connectivity index (χ3n) is 1.86. The van der Waals surface area contributed by atoms with E-state index < -0.39 is 0 Å². The molecule has 0 heterocycles. The Kier molecular flexibility index (Phi) is 3.82. The van der Waals surface area contributed by atoms with Gasteiger partial charge in [0.15, 0.2) is 0 Å². The lowest BCUT2D eigenvalue weighted by molar-refractivity contribution is -0.0660. The molecule has 1 atom stereocenters. The van der Waals surface area contributed by atoms with Crippen molar-refractivity contribution in [1.82, 2.24) is 0 Å². The van der Waals surface area contributed by atoms with Crippen LogP contribution in [0.15, 0.2) is 0 Å². The quantitative estimate of drug-likeness (QED) is 0.678. The number of methoxy groups -OCH3 is 1. The van der Waals surface area contributed by atoms with E-state index in [1.165, 1.54) is 0 Å². The van der Waals surface area contributed by atoms with E-state index in [-0.39, 0.29) is 6.10 Å². The third kappa shape index (κ3) is 3.09. The van der Waals surface area contributed by atoms with E-state index >= 15 is 0 Å². The molecule has 0 aliphatic heterocycles. The molecule has 0 amide bonds. The summed E-state index contributed by atoms with van der Waals surface area (Å²) in [6.45, 7) is 2.74. The van der Waals surface area contributed by atoms with Gasteiger partial charge < -0.3 is 9.47 Å². The summed E-state index contributed by atoms with van der Waals surface area (Å²) in [6.07, 6.45) is 3.00. The molecular weight excluding hydrogens is 208 g/mol. The van der Waals surface area contributed by atoms with Gasteiger partial charge in [0.2, 0.25) is 0 Å². The summed E-state index contributed by atoms with van der Waals surface area (Å²) >= 11 is 3.52. The van der Waals surface area contributed by atoms with Gasteiger partial charge in [0.05, 0.1) is 18.8 Å². The Balaban J connectivity index is 2.02. The van der Waals surface area contributed by atoms with Gasteiger partial charge >= 0.3 is 0 Å². The van der Waals surface area contributed by atoms with E-state index in [1.54, 1.807) is 7.11 Å². The Bertz CT molecular complexity index is 110. The largest absolute Gasteiger partial charge is 0.382 e. The zero-order valence-corrected chi connectivity index (χ0v) is 8.63. The summed E-state index contributed by atoms with van der Waals surface area (Å²) in [5.74, 6) is 0. The van der Waals surface area contributed by atoms with Gasteiger partial charge in [-0.15, -0.1) is 0 Å². The monoisotopic (exact) mass is 222 g/mol. The van der Waals surface area contributed by atoms with E-state index in [9.17, 15) is 0 Å². The van der Waals surface area contributed by atoms with Crippen LogP contribution in [0.2, 0.25) is 0 Å². The van der Waals surface area contributed by atoms with Crippen molar-refractivity contribution in [2.75, 3.05) is 13.7 Å². The first-order valence-corrected chi connectivity index (χ1v) is 4.92. The van der Waals surface area contributed by atoms with Crippen LogP contribution in [-0.4, -0.2) is 30.8 Å². The summed E-state index contributed by atoms with van der Waals surface area (Å²) in [5, 5.41) is 0. The van der Waals surface area contributed by atoms with Crippen LogP contribution in [0.1, 0.15) is 19.8 Å². The summed E-state index contributed by atoms with van der Waals surface area (Å²) in [6, 6.07) is 0. The van der Waals surface area contributed by atoms with Crippen molar-refractivity contribution in [2.45, 2.75) is 36.8 Å². The summed E-state index contributed by atoms with van der Waals surface area (Å²) in [5.41, 5.74) is 0. The van der Waals surface area contributed by atoms with Crippen LogP contribution in [0.3, 0.4) is 0 Å². The van der Waals surface area contributed by atoms with E-state index in [1.807, 2.05) is 6.92 Å². The highest BCUT2D eigenvalue weighted by atomic mass is 79.9. The predicted molar refractivity (Wildman–Crippen MR) is 48.2 cm³/mol. The van der Waals surface area contributed by atoms with Gasteiger partial charge in [-0.3, -0.25) is 0 Å². The van der Waals surface area contributed by atoms with E-state index in [0.29, 0.717) is 17.5 Å². The second-order valence-electron chi connectivity index (χ2n) is 3.09. The SMILES string of the molecule is COCC(C)OC1CC(Br)C1. The second-order valence-corrected chi connectivity index (χ2v) is 4.39. The molecule has 1 unspecified atom stereocenters. The maximum atomic E-state index is 5.64. The molecule has 0 bridgehead atoms. The van der Waals surface area contributed by atoms with Gasteiger partial charge in [0.1, 0.15) is 0 Å². The standard InChI is InChI=1S/C8H15BrO2/c1-6(5-10-2)11-8-3-7(9)4-8/h6-8H,3-5H2,1-2H3. The second kappa shape index (κ2) is 4.43. The smallest absolute Gasteiger partial charge is 0.0784 e.